The Kier molecular flexibility index (Phi) is 3.00. The molecule has 1 amide bonds. The maximum Gasteiger partial charge on any atom is 0.310 e. The van der Waals surface area contributed by atoms with Crippen molar-refractivity contribution in [1.82, 2.24) is 0 Å². The predicted molar refractivity (Wildman–Crippen MR) is 60.3 cm³/mol. The van der Waals surface area contributed by atoms with Crippen LogP contribution in [0.5, 0.6) is 0 Å². The molecule has 0 aliphatic carbocycles. The molecule has 0 atom stereocenters. The minimum Gasteiger partial charge on any atom is -0.325 e. The largest absolute Gasteiger partial charge is 0.325 e. The summed E-state index contributed by atoms with van der Waals surface area (Å²) in [7, 11) is -9.63. The zero-order chi connectivity index (χ0) is 13.4. The van der Waals surface area contributed by atoms with Crippen molar-refractivity contribution in [1.29, 1.82) is 0 Å². The van der Waals surface area contributed by atoms with Gasteiger partial charge in [-0.05, 0) is 24.3 Å². The quantitative estimate of drug-likeness (QED) is 0.628. The fourth-order valence-corrected chi connectivity index (χ4v) is 1.78. The van der Waals surface area contributed by atoms with Gasteiger partial charge in [-0.3, -0.25) is 4.79 Å². The van der Waals surface area contributed by atoms with Gasteiger partial charge in [0.05, 0.1) is 5.33 Å². The Morgan fingerprint density at radius 2 is 1.59 bits per heavy atom. The van der Waals surface area contributed by atoms with Gasteiger partial charge in [0.1, 0.15) is 4.90 Å². The first-order valence-electron chi connectivity index (χ1n) is 4.12. The maximum absolute atomic E-state index is 12.3. The van der Waals surface area contributed by atoms with Gasteiger partial charge in [0.25, 0.3) is 0 Å². The number of amides is 1. The molecule has 0 aliphatic rings. The van der Waals surface area contributed by atoms with Crippen molar-refractivity contribution in [2.75, 3.05) is 10.6 Å². The molecule has 9 heteroatoms. The molecule has 1 aromatic rings. The van der Waals surface area contributed by atoms with E-state index in [9.17, 15) is 24.2 Å². The molecule has 1 aromatic carbocycles. The highest BCUT2D eigenvalue weighted by atomic mass is 79.9. The van der Waals surface area contributed by atoms with Crippen LogP contribution < -0.4 is 5.32 Å². The van der Waals surface area contributed by atoms with Crippen molar-refractivity contribution >= 4 is 37.7 Å². The average Bonchev–Trinajstić information content (AvgIpc) is 2.15. The highest BCUT2D eigenvalue weighted by Crippen LogP contribution is 3.02. The van der Waals surface area contributed by atoms with Crippen molar-refractivity contribution in [2.24, 2.45) is 0 Å². The van der Waals surface area contributed by atoms with Crippen molar-refractivity contribution < 1.29 is 24.2 Å². The van der Waals surface area contributed by atoms with Crippen molar-refractivity contribution in [3.8, 4) is 0 Å². The summed E-state index contributed by atoms with van der Waals surface area (Å²) in [5.74, 6) is -0.495. The number of carbonyl (C=O) groups excluding carboxylic acids is 1. The molecule has 0 aliphatic heterocycles. The fraction of sp³-hybridized carbons (Fsp3) is 0.125. The van der Waals surface area contributed by atoms with E-state index in [1.807, 2.05) is 0 Å². The molecule has 0 heterocycles. The Bertz CT molecular complexity index is 442. The van der Waals surface area contributed by atoms with Gasteiger partial charge in [-0.1, -0.05) is 35.4 Å². The van der Waals surface area contributed by atoms with Gasteiger partial charge in [-0.25, -0.2) is 0 Å². The summed E-state index contributed by atoms with van der Waals surface area (Å²) in [6.45, 7) is 0. The molecule has 0 spiro atoms. The second kappa shape index (κ2) is 3.58. The number of nitrogens with one attached hydrogen (secondary N) is 1. The van der Waals surface area contributed by atoms with Crippen LogP contribution in [0.15, 0.2) is 29.2 Å². The molecule has 2 nitrogen and oxygen atoms in total. The Balaban J connectivity index is 3.02. The summed E-state index contributed by atoms with van der Waals surface area (Å²) in [5.41, 5.74) is 0.0139. The van der Waals surface area contributed by atoms with Crippen LogP contribution in [0.4, 0.5) is 25.1 Å². The molecule has 0 radical (unpaired) electrons. The zero-order valence-corrected chi connectivity index (χ0v) is 10.5. The van der Waals surface area contributed by atoms with E-state index in [1.54, 1.807) is 0 Å². The van der Waals surface area contributed by atoms with E-state index in [0.717, 1.165) is 12.1 Å². The SMILES string of the molecule is O=C(CBr)Nc1ccc(S(F)(F)(F)(F)F)cc1. The molecule has 0 bridgehead atoms. The summed E-state index contributed by atoms with van der Waals surface area (Å²) < 4.78 is 61.6. The van der Waals surface area contributed by atoms with Gasteiger partial charge in [0.2, 0.25) is 5.91 Å². The van der Waals surface area contributed by atoms with Gasteiger partial charge >= 0.3 is 10.2 Å². The minimum atomic E-state index is -9.63. The molecule has 17 heavy (non-hydrogen) atoms. The topological polar surface area (TPSA) is 29.1 Å². The first kappa shape index (κ1) is 14.2. The van der Waals surface area contributed by atoms with E-state index in [4.69, 9.17) is 0 Å². The number of anilines is 1. The molecule has 0 saturated heterocycles. The summed E-state index contributed by atoms with van der Waals surface area (Å²) in [6.07, 6.45) is 0. The lowest BCUT2D eigenvalue weighted by Gasteiger charge is -2.40. The number of rotatable bonds is 3. The standard InChI is InChI=1S/C8H7BrF5NOS/c9-5-8(16)15-6-1-3-7(4-2-6)17(10,11,12,13)14/h1-4H,5H2,(H,15,16). The lowest BCUT2D eigenvalue weighted by Crippen LogP contribution is -2.12. The van der Waals surface area contributed by atoms with E-state index >= 15 is 0 Å². The molecule has 1 rings (SSSR count). The van der Waals surface area contributed by atoms with Gasteiger partial charge < -0.3 is 5.32 Å². The van der Waals surface area contributed by atoms with Crippen LogP contribution in [0.1, 0.15) is 0 Å². The Hall–Kier alpha value is -0.830. The third-order valence-corrected chi connectivity index (χ3v) is 3.38. The van der Waals surface area contributed by atoms with Gasteiger partial charge in [-0.2, -0.15) is 0 Å². The smallest absolute Gasteiger partial charge is 0.310 e. The third-order valence-electron chi connectivity index (χ3n) is 1.70. The fourth-order valence-electron chi connectivity index (χ4n) is 0.990. The highest BCUT2D eigenvalue weighted by molar-refractivity contribution is 9.09. The molecular weight excluding hydrogens is 333 g/mol. The summed E-state index contributed by atoms with van der Waals surface area (Å²) in [4.78, 5) is 8.88. The van der Waals surface area contributed by atoms with Crippen LogP contribution in [-0.4, -0.2) is 11.2 Å². The molecule has 98 valence electrons. The first-order valence-corrected chi connectivity index (χ1v) is 7.19. The second-order valence-electron chi connectivity index (χ2n) is 3.18. The maximum atomic E-state index is 12.3. The van der Waals surface area contributed by atoms with E-state index in [2.05, 4.69) is 21.2 Å². The van der Waals surface area contributed by atoms with Crippen LogP contribution in [0, 0.1) is 0 Å². The average molecular weight is 340 g/mol. The molecule has 0 saturated carbocycles. The van der Waals surface area contributed by atoms with Crippen LogP contribution in [0.25, 0.3) is 0 Å². The van der Waals surface area contributed by atoms with Crippen molar-refractivity contribution in [3.63, 3.8) is 0 Å². The van der Waals surface area contributed by atoms with Crippen LogP contribution in [0.3, 0.4) is 0 Å². The number of benzene rings is 1. The number of hydrogen-bond donors (Lipinski definition) is 1. The second-order valence-corrected chi connectivity index (χ2v) is 6.15. The molecule has 0 aromatic heterocycles. The van der Waals surface area contributed by atoms with Crippen molar-refractivity contribution in [2.45, 2.75) is 4.90 Å². The van der Waals surface area contributed by atoms with Crippen LogP contribution >= 0.6 is 26.2 Å². The zero-order valence-electron chi connectivity index (χ0n) is 8.10. The number of hydrogen-bond acceptors (Lipinski definition) is 1. The number of carbonyl (C=O) groups is 1. The summed E-state index contributed by atoms with van der Waals surface area (Å²) in [5, 5.41) is 2.17. The number of alkyl halides is 1. The Morgan fingerprint density at radius 3 is 1.94 bits per heavy atom. The van der Waals surface area contributed by atoms with Gasteiger partial charge in [-0.15, -0.1) is 0 Å². The third kappa shape index (κ3) is 4.15. The monoisotopic (exact) mass is 339 g/mol. The first-order chi connectivity index (χ1) is 7.42. The van der Waals surface area contributed by atoms with Gasteiger partial charge in [0, 0.05) is 5.69 Å². The lowest BCUT2D eigenvalue weighted by atomic mass is 10.3. The number of halogens is 6. The predicted octanol–water partition coefficient (Wildman–Crippen LogP) is 4.68. The minimum absolute atomic E-state index is 0.0139. The van der Waals surface area contributed by atoms with E-state index in [-0.39, 0.29) is 23.2 Å². The van der Waals surface area contributed by atoms with Crippen molar-refractivity contribution in [3.05, 3.63) is 24.3 Å². The Morgan fingerprint density at radius 1 is 1.12 bits per heavy atom. The Labute approximate surface area is 102 Å². The van der Waals surface area contributed by atoms with Gasteiger partial charge in [0.15, 0.2) is 0 Å². The van der Waals surface area contributed by atoms with Crippen LogP contribution in [-0.2, 0) is 4.79 Å². The summed E-state index contributed by atoms with van der Waals surface area (Å²) in [6, 6.07) is 2.03. The van der Waals surface area contributed by atoms with E-state index < -0.39 is 21.0 Å². The normalized spacial score (nSPS) is 15.9. The van der Waals surface area contributed by atoms with Crippen LogP contribution in [0.2, 0.25) is 0 Å². The van der Waals surface area contributed by atoms with E-state index in [0.29, 0.717) is 0 Å². The molecule has 0 fully saturated rings. The van der Waals surface area contributed by atoms with E-state index in [1.165, 1.54) is 0 Å². The molecule has 1 N–H and O–H groups in total. The molecule has 0 unspecified atom stereocenters. The highest BCUT2D eigenvalue weighted by Gasteiger charge is 2.65. The molecular formula is C8H7BrF5NOS. The summed E-state index contributed by atoms with van der Waals surface area (Å²) >= 11 is 2.83. The lowest BCUT2D eigenvalue weighted by molar-refractivity contribution is -0.113.